The molecule has 0 unspecified atom stereocenters. The lowest BCUT2D eigenvalue weighted by Gasteiger charge is -2.13. The molecule has 9 heteroatoms. The first-order valence-corrected chi connectivity index (χ1v) is 12.0. The zero-order chi connectivity index (χ0) is 23.0. The van der Waals surface area contributed by atoms with Gasteiger partial charge in [0.15, 0.2) is 17.1 Å². The van der Waals surface area contributed by atoms with Crippen LogP contribution < -0.4 is 14.9 Å². The van der Waals surface area contributed by atoms with Gasteiger partial charge in [0.05, 0.1) is 22.6 Å². The van der Waals surface area contributed by atoms with Crippen LogP contribution in [-0.4, -0.2) is 30.0 Å². The molecule has 3 aromatic carbocycles. The predicted molar refractivity (Wildman–Crippen MR) is 137 cm³/mol. The molecule has 0 aliphatic rings. The molecule has 33 heavy (non-hydrogen) atoms. The molecular formula is C24H20IN3O4S. The van der Waals surface area contributed by atoms with Crippen LogP contribution in [0.2, 0.25) is 0 Å². The largest absolute Gasteiger partial charge is 0.493 e. The molecular weight excluding hydrogens is 553 g/mol. The van der Waals surface area contributed by atoms with E-state index in [1.807, 2.05) is 66.7 Å². The Hall–Kier alpha value is -3.05. The van der Waals surface area contributed by atoms with Crippen LogP contribution in [0.4, 0.5) is 0 Å². The standard InChI is InChI=1S/C24H20IN3O4S/c1-30-21-12-17(11-18(25)23(21)31-14-16-7-3-2-4-8-16)13-26-28-22(29)15-33-24-27-19-9-5-6-10-20(19)32-24/h2-13H,14-15H2,1H3,(H,28,29)/b26-13-. The van der Waals surface area contributed by atoms with E-state index < -0.39 is 0 Å². The van der Waals surface area contributed by atoms with Gasteiger partial charge in [0, 0.05) is 0 Å². The normalized spacial score (nSPS) is 11.1. The highest BCUT2D eigenvalue weighted by atomic mass is 127. The number of benzene rings is 3. The number of methoxy groups -OCH3 is 1. The fourth-order valence-corrected chi connectivity index (χ4v) is 4.35. The number of rotatable bonds is 9. The maximum Gasteiger partial charge on any atom is 0.257 e. The molecule has 1 N–H and O–H groups in total. The van der Waals surface area contributed by atoms with E-state index in [1.165, 1.54) is 11.8 Å². The summed E-state index contributed by atoms with van der Waals surface area (Å²) in [5, 5.41) is 4.49. The number of para-hydroxylation sites is 2. The summed E-state index contributed by atoms with van der Waals surface area (Å²) in [6, 6.07) is 21.1. The van der Waals surface area contributed by atoms with Gasteiger partial charge < -0.3 is 13.9 Å². The van der Waals surface area contributed by atoms with Gasteiger partial charge in [-0.1, -0.05) is 54.2 Å². The Morgan fingerprint density at radius 2 is 1.97 bits per heavy atom. The van der Waals surface area contributed by atoms with E-state index in [1.54, 1.807) is 13.3 Å². The lowest BCUT2D eigenvalue weighted by Crippen LogP contribution is -2.19. The molecule has 0 bridgehead atoms. The molecule has 0 spiro atoms. The van der Waals surface area contributed by atoms with Gasteiger partial charge in [0.25, 0.3) is 11.1 Å². The summed E-state index contributed by atoms with van der Waals surface area (Å²) in [6.07, 6.45) is 1.56. The molecule has 0 aliphatic heterocycles. The third kappa shape index (κ3) is 6.26. The van der Waals surface area contributed by atoms with Crippen molar-refractivity contribution in [2.75, 3.05) is 12.9 Å². The Morgan fingerprint density at radius 1 is 1.18 bits per heavy atom. The molecule has 4 rings (SSSR count). The van der Waals surface area contributed by atoms with Crippen LogP contribution in [0.25, 0.3) is 11.1 Å². The predicted octanol–water partition coefficient (Wildman–Crippen LogP) is 5.26. The van der Waals surface area contributed by atoms with E-state index in [0.717, 1.165) is 20.2 Å². The molecule has 7 nitrogen and oxygen atoms in total. The van der Waals surface area contributed by atoms with Crippen molar-refractivity contribution in [2.45, 2.75) is 11.8 Å². The van der Waals surface area contributed by atoms with E-state index in [-0.39, 0.29) is 11.7 Å². The second kappa shape index (κ2) is 11.2. The first kappa shape index (κ1) is 23.1. The number of hydrogen-bond donors (Lipinski definition) is 1. The van der Waals surface area contributed by atoms with E-state index in [4.69, 9.17) is 13.9 Å². The second-order valence-corrected chi connectivity index (χ2v) is 8.93. The van der Waals surface area contributed by atoms with Crippen molar-refractivity contribution in [3.63, 3.8) is 0 Å². The number of thioether (sulfide) groups is 1. The summed E-state index contributed by atoms with van der Waals surface area (Å²) in [5.74, 6) is 1.13. The topological polar surface area (TPSA) is 86.0 Å². The molecule has 1 heterocycles. The average Bonchev–Trinajstić information content (AvgIpc) is 3.25. The van der Waals surface area contributed by atoms with Crippen molar-refractivity contribution >= 4 is 57.6 Å². The van der Waals surface area contributed by atoms with E-state index in [9.17, 15) is 4.79 Å². The van der Waals surface area contributed by atoms with Gasteiger partial charge in [-0.3, -0.25) is 4.79 Å². The molecule has 0 radical (unpaired) electrons. The highest BCUT2D eigenvalue weighted by Crippen LogP contribution is 2.34. The van der Waals surface area contributed by atoms with Gasteiger partial charge >= 0.3 is 0 Å². The van der Waals surface area contributed by atoms with Gasteiger partial charge in [-0.2, -0.15) is 5.10 Å². The number of hydrogen-bond acceptors (Lipinski definition) is 7. The number of amides is 1. The summed E-state index contributed by atoms with van der Waals surface area (Å²) in [5.41, 5.74) is 5.82. The number of ether oxygens (including phenoxy) is 2. The number of oxazole rings is 1. The molecule has 0 saturated carbocycles. The lowest BCUT2D eigenvalue weighted by atomic mass is 10.2. The number of halogens is 1. The second-order valence-electron chi connectivity index (χ2n) is 6.84. The Morgan fingerprint density at radius 3 is 2.76 bits per heavy atom. The maximum atomic E-state index is 12.1. The van der Waals surface area contributed by atoms with Gasteiger partial charge in [0.2, 0.25) is 0 Å². The minimum Gasteiger partial charge on any atom is -0.493 e. The average molecular weight is 573 g/mol. The van der Waals surface area contributed by atoms with Crippen LogP contribution in [0.5, 0.6) is 11.5 Å². The Balaban J connectivity index is 1.33. The van der Waals surface area contributed by atoms with Gasteiger partial charge in [0.1, 0.15) is 12.1 Å². The molecule has 0 saturated heterocycles. The van der Waals surface area contributed by atoms with Gasteiger partial charge in [-0.05, 0) is 58.0 Å². The van der Waals surface area contributed by atoms with E-state index in [2.05, 4.69) is 38.1 Å². The van der Waals surface area contributed by atoms with Crippen LogP contribution >= 0.6 is 34.4 Å². The number of nitrogens with one attached hydrogen (secondary N) is 1. The third-order valence-electron chi connectivity index (χ3n) is 4.48. The molecule has 1 amide bonds. The summed E-state index contributed by atoms with van der Waals surface area (Å²) in [7, 11) is 1.59. The Bertz CT molecular complexity index is 1240. The van der Waals surface area contributed by atoms with E-state index in [0.29, 0.717) is 28.9 Å². The van der Waals surface area contributed by atoms with Gasteiger partial charge in [-0.15, -0.1) is 0 Å². The third-order valence-corrected chi connectivity index (χ3v) is 6.11. The number of nitrogens with zero attached hydrogens (tertiary/aromatic N) is 2. The molecule has 4 aromatic rings. The highest BCUT2D eigenvalue weighted by Gasteiger charge is 2.12. The van der Waals surface area contributed by atoms with Crippen molar-refractivity contribution in [2.24, 2.45) is 5.10 Å². The maximum absolute atomic E-state index is 12.1. The van der Waals surface area contributed by atoms with Crippen molar-refractivity contribution in [1.29, 1.82) is 0 Å². The minimum atomic E-state index is -0.261. The first-order valence-electron chi connectivity index (χ1n) is 9.97. The van der Waals surface area contributed by atoms with E-state index >= 15 is 0 Å². The summed E-state index contributed by atoms with van der Waals surface area (Å²) in [4.78, 5) is 16.5. The van der Waals surface area contributed by atoms with Crippen LogP contribution in [0.1, 0.15) is 11.1 Å². The quantitative estimate of drug-likeness (QED) is 0.127. The number of hydrazone groups is 1. The fourth-order valence-electron chi connectivity index (χ4n) is 2.94. The lowest BCUT2D eigenvalue weighted by molar-refractivity contribution is -0.118. The van der Waals surface area contributed by atoms with Crippen molar-refractivity contribution < 1.29 is 18.7 Å². The summed E-state index contributed by atoms with van der Waals surface area (Å²) in [6.45, 7) is 0.439. The molecule has 0 atom stereocenters. The number of carbonyl (C=O) groups is 1. The van der Waals surface area contributed by atoms with Crippen LogP contribution in [0.3, 0.4) is 0 Å². The smallest absolute Gasteiger partial charge is 0.257 e. The van der Waals surface area contributed by atoms with Crippen LogP contribution in [0.15, 0.2) is 81.5 Å². The van der Waals surface area contributed by atoms with Crippen molar-refractivity contribution in [3.8, 4) is 11.5 Å². The number of aromatic nitrogens is 1. The number of carbonyl (C=O) groups excluding carboxylic acids is 1. The molecule has 168 valence electrons. The SMILES string of the molecule is COc1cc(/C=N\NC(=O)CSc2nc3ccccc3o2)cc(I)c1OCc1ccccc1. The molecule has 0 fully saturated rings. The Labute approximate surface area is 208 Å². The van der Waals surface area contributed by atoms with Crippen molar-refractivity contribution in [3.05, 3.63) is 81.4 Å². The summed E-state index contributed by atoms with van der Waals surface area (Å²) < 4.78 is 17.9. The minimum absolute atomic E-state index is 0.136. The first-order chi connectivity index (χ1) is 16.1. The van der Waals surface area contributed by atoms with Crippen molar-refractivity contribution in [1.82, 2.24) is 10.4 Å². The summed E-state index contributed by atoms with van der Waals surface area (Å²) >= 11 is 3.41. The monoisotopic (exact) mass is 573 g/mol. The Kier molecular flexibility index (Phi) is 7.84. The highest BCUT2D eigenvalue weighted by molar-refractivity contribution is 14.1. The van der Waals surface area contributed by atoms with Gasteiger partial charge in [-0.25, -0.2) is 10.4 Å². The van der Waals surface area contributed by atoms with Crippen LogP contribution in [0, 0.1) is 3.57 Å². The number of fused-ring (bicyclic) bond motifs is 1. The zero-order valence-corrected chi connectivity index (χ0v) is 20.6. The fraction of sp³-hybridized carbons (Fsp3) is 0.125. The van der Waals surface area contributed by atoms with Crippen LogP contribution in [-0.2, 0) is 11.4 Å². The zero-order valence-electron chi connectivity index (χ0n) is 17.7. The molecule has 0 aliphatic carbocycles. The molecule has 1 aromatic heterocycles.